The van der Waals surface area contributed by atoms with Crippen LogP contribution >= 0.6 is 0 Å². The van der Waals surface area contributed by atoms with Crippen LogP contribution in [0, 0.1) is 0 Å². The van der Waals surface area contributed by atoms with Crippen LogP contribution in [0.2, 0.25) is 0 Å². The fourth-order valence-corrected chi connectivity index (χ4v) is 2.45. The van der Waals surface area contributed by atoms with Crippen LogP contribution in [-0.4, -0.2) is 14.7 Å². The van der Waals surface area contributed by atoms with Crippen molar-refractivity contribution in [1.29, 1.82) is 0 Å². The van der Waals surface area contributed by atoms with Crippen LogP contribution < -0.4 is 9.62 Å². The van der Waals surface area contributed by atoms with Gasteiger partial charge in [-0.05, 0) is 30.3 Å². The van der Waals surface area contributed by atoms with Crippen molar-refractivity contribution in [2.45, 2.75) is 0 Å². The predicted molar refractivity (Wildman–Crippen MR) is 84.6 cm³/mol. The van der Waals surface area contributed by atoms with Crippen LogP contribution in [0.1, 0.15) is 0 Å². The molecule has 0 bridgehead atoms. The maximum atomic E-state index is 11.7. The molecule has 0 aliphatic rings. The summed E-state index contributed by atoms with van der Waals surface area (Å²) in [5.74, 6) is -0.390. The predicted octanol–water partition coefficient (Wildman–Crippen LogP) is 3.09. The van der Waals surface area contributed by atoms with Gasteiger partial charge in [0.25, 0.3) is 11.3 Å². The summed E-state index contributed by atoms with van der Waals surface area (Å²) in [6.45, 7) is 3.39. The van der Waals surface area contributed by atoms with Gasteiger partial charge in [-0.1, -0.05) is 36.9 Å². The average molecular weight is 302 g/mol. The average Bonchev–Trinajstić information content (AvgIpc) is 2.50. The van der Waals surface area contributed by atoms with Crippen molar-refractivity contribution in [1.82, 2.24) is 0 Å². The number of carbonyl (C=O) groups excluding carboxylic acids is 1. The highest BCUT2D eigenvalue weighted by Gasteiger charge is 2.18. The van der Waals surface area contributed by atoms with E-state index in [1.807, 2.05) is 6.07 Å². The largest absolute Gasteiger partial charge is 0.321 e. The lowest BCUT2D eigenvalue weighted by atomic mass is 10.2. The van der Waals surface area contributed by atoms with Crippen molar-refractivity contribution in [3.8, 4) is 0 Å². The summed E-state index contributed by atoms with van der Waals surface area (Å²) in [5.41, 5.74) is 1.38. The van der Waals surface area contributed by atoms with Gasteiger partial charge in [0.15, 0.2) is 0 Å². The topological polar surface area (TPSA) is 69.6 Å². The van der Waals surface area contributed by atoms with E-state index in [-0.39, 0.29) is 5.91 Å². The summed E-state index contributed by atoms with van der Waals surface area (Å²) in [6.07, 6.45) is 1.14. The Morgan fingerprint density at radius 1 is 1.14 bits per heavy atom. The summed E-state index contributed by atoms with van der Waals surface area (Å²) < 4.78 is 22.5. The molecule has 0 saturated heterocycles. The first-order valence-electron chi connectivity index (χ1n) is 6.12. The summed E-state index contributed by atoms with van der Waals surface area (Å²) in [4.78, 5) is 11.5. The van der Waals surface area contributed by atoms with E-state index in [1.165, 1.54) is 4.31 Å². The second kappa shape index (κ2) is 6.83. The van der Waals surface area contributed by atoms with Crippen LogP contribution in [-0.2, 0) is 16.1 Å². The van der Waals surface area contributed by atoms with Crippen LogP contribution in [0.25, 0.3) is 0 Å². The summed E-state index contributed by atoms with van der Waals surface area (Å²) >= 11 is -2.28. The molecule has 0 aliphatic heterocycles. The molecule has 0 radical (unpaired) electrons. The van der Waals surface area contributed by atoms with E-state index < -0.39 is 11.3 Å². The van der Waals surface area contributed by atoms with Gasteiger partial charge in [0.05, 0.1) is 17.1 Å². The van der Waals surface area contributed by atoms with Crippen molar-refractivity contribution in [3.05, 3.63) is 67.3 Å². The molecule has 1 unspecified atom stereocenters. The van der Waals surface area contributed by atoms with Gasteiger partial charge in [0.1, 0.15) is 0 Å². The Balaban J connectivity index is 2.49. The molecule has 2 aromatic carbocycles. The lowest BCUT2D eigenvalue weighted by Gasteiger charge is -2.22. The summed E-state index contributed by atoms with van der Waals surface area (Å²) in [5, 5.41) is 2.62. The number of anilines is 3. The molecule has 0 aliphatic carbocycles. The lowest BCUT2D eigenvalue weighted by Crippen LogP contribution is -2.21. The summed E-state index contributed by atoms with van der Waals surface area (Å²) in [6, 6.07) is 15.5. The molecule has 2 N–H and O–H groups in total. The fourth-order valence-electron chi connectivity index (χ4n) is 1.82. The minimum Gasteiger partial charge on any atom is -0.321 e. The zero-order chi connectivity index (χ0) is 15.2. The SMILES string of the molecule is C=CC(=O)Nc1ccccc1N(c1ccccc1)S(=O)O. The number of carbonyl (C=O) groups is 1. The van der Waals surface area contributed by atoms with E-state index >= 15 is 0 Å². The molecule has 0 heterocycles. The van der Waals surface area contributed by atoms with Crippen molar-refractivity contribution < 1.29 is 13.6 Å². The minimum absolute atomic E-state index is 0.390. The quantitative estimate of drug-likeness (QED) is 0.658. The molecule has 2 aromatic rings. The van der Waals surface area contributed by atoms with Gasteiger partial charge in [-0.3, -0.25) is 9.35 Å². The minimum atomic E-state index is -2.28. The molecular formula is C15H14N2O3S. The first-order chi connectivity index (χ1) is 10.1. The smallest absolute Gasteiger partial charge is 0.266 e. The molecule has 6 heteroatoms. The molecule has 21 heavy (non-hydrogen) atoms. The summed E-state index contributed by atoms with van der Waals surface area (Å²) in [7, 11) is 0. The Morgan fingerprint density at radius 2 is 1.76 bits per heavy atom. The number of benzene rings is 2. The van der Waals surface area contributed by atoms with Gasteiger partial charge >= 0.3 is 0 Å². The highest BCUT2D eigenvalue weighted by atomic mass is 32.2. The van der Waals surface area contributed by atoms with Gasteiger partial charge < -0.3 is 5.32 Å². The number of nitrogens with zero attached hydrogens (tertiary/aromatic N) is 1. The van der Waals surface area contributed by atoms with Crippen LogP contribution in [0.3, 0.4) is 0 Å². The van der Waals surface area contributed by atoms with E-state index in [0.29, 0.717) is 17.1 Å². The van der Waals surface area contributed by atoms with Gasteiger partial charge in [0.2, 0.25) is 5.91 Å². The van der Waals surface area contributed by atoms with E-state index in [2.05, 4.69) is 11.9 Å². The van der Waals surface area contributed by atoms with Crippen molar-refractivity contribution in [3.63, 3.8) is 0 Å². The highest BCUT2D eigenvalue weighted by molar-refractivity contribution is 7.81. The maximum Gasteiger partial charge on any atom is 0.266 e. The zero-order valence-electron chi connectivity index (χ0n) is 11.1. The molecule has 1 amide bonds. The Hall–Kier alpha value is -2.44. The number of rotatable bonds is 5. The van der Waals surface area contributed by atoms with E-state index in [1.54, 1.807) is 48.5 Å². The second-order valence-corrected chi connectivity index (χ2v) is 4.90. The Morgan fingerprint density at radius 3 is 2.38 bits per heavy atom. The highest BCUT2D eigenvalue weighted by Crippen LogP contribution is 2.32. The zero-order valence-corrected chi connectivity index (χ0v) is 11.9. The van der Waals surface area contributed by atoms with Gasteiger partial charge in [-0.2, -0.15) is 0 Å². The van der Waals surface area contributed by atoms with Gasteiger partial charge in [-0.25, -0.2) is 8.51 Å². The monoisotopic (exact) mass is 302 g/mol. The fraction of sp³-hybridized carbons (Fsp3) is 0. The van der Waals surface area contributed by atoms with Crippen LogP contribution in [0.5, 0.6) is 0 Å². The van der Waals surface area contributed by atoms with Crippen LogP contribution in [0.4, 0.5) is 17.1 Å². The Bertz CT molecular complexity index is 674. The van der Waals surface area contributed by atoms with Crippen molar-refractivity contribution in [2.75, 3.05) is 9.62 Å². The number of nitrogens with one attached hydrogen (secondary N) is 1. The van der Waals surface area contributed by atoms with E-state index in [4.69, 9.17) is 0 Å². The van der Waals surface area contributed by atoms with Gasteiger partial charge in [0, 0.05) is 0 Å². The molecule has 0 saturated carbocycles. The molecule has 0 aromatic heterocycles. The number of amides is 1. The van der Waals surface area contributed by atoms with Crippen molar-refractivity contribution in [2.24, 2.45) is 0 Å². The molecular weight excluding hydrogens is 288 g/mol. The Labute approximate surface area is 125 Å². The molecule has 0 fully saturated rings. The Kier molecular flexibility index (Phi) is 4.86. The molecule has 108 valence electrons. The first-order valence-corrected chi connectivity index (χ1v) is 7.18. The van der Waals surface area contributed by atoms with Crippen molar-refractivity contribution >= 4 is 34.2 Å². The third kappa shape index (κ3) is 3.56. The standard InChI is InChI=1S/C15H14N2O3S/c1-2-15(18)16-13-10-6-7-11-14(13)17(21(19)20)12-8-4-3-5-9-12/h2-11H,1H2,(H,16,18)(H,19,20). The first kappa shape index (κ1) is 15.0. The normalized spacial score (nSPS) is 11.5. The third-order valence-electron chi connectivity index (χ3n) is 2.71. The lowest BCUT2D eigenvalue weighted by molar-refractivity contribution is -0.111. The number of hydrogen-bond acceptors (Lipinski definition) is 2. The number of para-hydroxylation sites is 3. The molecule has 2 rings (SSSR count). The van der Waals surface area contributed by atoms with Gasteiger partial charge in [-0.15, -0.1) is 0 Å². The number of hydrogen-bond donors (Lipinski definition) is 2. The molecule has 0 spiro atoms. The molecule has 5 nitrogen and oxygen atoms in total. The maximum absolute atomic E-state index is 11.7. The molecule has 1 atom stereocenters. The second-order valence-electron chi connectivity index (χ2n) is 4.07. The van der Waals surface area contributed by atoms with E-state index in [0.717, 1.165) is 6.08 Å². The van der Waals surface area contributed by atoms with E-state index in [9.17, 15) is 13.6 Å². The third-order valence-corrected chi connectivity index (χ3v) is 3.43. The van der Waals surface area contributed by atoms with Crippen LogP contribution in [0.15, 0.2) is 67.3 Å².